The fraction of sp³-hybridized carbons (Fsp3) is 0.433. The SMILES string of the molecule is NC(=O)[C@H](O)[C@H](Cc1ccccc1)N1CCC[C@H]1C(=O)NC(=O)[C@H](Cc1ccccc1)NC(=O)N1CCC(=O)CC1. The van der Waals surface area contributed by atoms with Gasteiger partial charge in [-0.3, -0.25) is 29.4 Å². The molecule has 5 amide bonds. The van der Waals surface area contributed by atoms with Crippen LogP contribution in [0.1, 0.15) is 36.8 Å². The fourth-order valence-corrected chi connectivity index (χ4v) is 5.47. The van der Waals surface area contributed by atoms with Gasteiger partial charge in [0.1, 0.15) is 17.9 Å². The Morgan fingerprint density at radius 3 is 2.07 bits per heavy atom. The molecule has 2 heterocycles. The number of nitrogens with one attached hydrogen (secondary N) is 2. The van der Waals surface area contributed by atoms with Crippen molar-refractivity contribution in [2.45, 2.75) is 62.8 Å². The van der Waals surface area contributed by atoms with E-state index in [0.717, 1.165) is 11.1 Å². The molecule has 218 valence electrons. The van der Waals surface area contributed by atoms with Crippen molar-refractivity contribution in [2.24, 2.45) is 5.73 Å². The minimum Gasteiger partial charge on any atom is -0.382 e. The molecule has 0 aromatic heterocycles. The molecular weight excluding hydrogens is 526 g/mol. The lowest BCUT2D eigenvalue weighted by molar-refractivity contribution is -0.137. The van der Waals surface area contributed by atoms with Crippen LogP contribution in [0.15, 0.2) is 60.7 Å². The molecule has 0 bridgehead atoms. The number of piperidine rings is 1. The van der Waals surface area contributed by atoms with E-state index in [1.807, 2.05) is 60.7 Å². The summed E-state index contributed by atoms with van der Waals surface area (Å²) >= 11 is 0. The number of ketones is 1. The van der Waals surface area contributed by atoms with E-state index >= 15 is 0 Å². The molecule has 0 radical (unpaired) electrons. The second-order valence-corrected chi connectivity index (χ2v) is 10.6. The Kier molecular flexibility index (Phi) is 10.2. The Labute approximate surface area is 239 Å². The Bertz CT molecular complexity index is 1230. The van der Waals surface area contributed by atoms with Gasteiger partial charge in [-0.25, -0.2) is 4.79 Å². The molecular formula is C30H37N5O6. The molecule has 11 nitrogen and oxygen atoms in total. The summed E-state index contributed by atoms with van der Waals surface area (Å²) in [5.74, 6) is -2.04. The monoisotopic (exact) mass is 563 g/mol. The summed E-state index contributed by atoms with van der Waals surface area (Å²) in [6, 6.07) is 15.4. The number of carbonyl (C=O) groups excluding carboxylic acids is 5. The lowest BCUT2D eigenvalue weighted by Crippen LogP contribution is -2.58. The zero-order valence-electron chi connectivity index (χ0n) is 22.9. The van der Waals surface area contributed by atoms with Gasteiger partial charge < -0.3 is 21.1 Å². The van der Waals surface area contributed by atoms with Crippen molar-refractivity contribution in [3.63, 3.8) is 0 Å². The molecule has 2 aliphatic rings. The first-order valence-corrected chi connectivity index (χ1v) is 14.0. The topological polar surface area (TPSA) is 162 Å². The molecule has 2 fully saturated rings. The van der Waals surface area contributed by atoms with E-state index in [1.165, 1.54) is 4.90 Å². The second-order valence-electron chi connectivity index (χ2n) is 10.6. The highest BCUT2D eigenvalue weighted by molar-refractivity contribution is 6.01. The number of Topliss-reactive ketones (excluding diaryl/α,β-unsaturated/α-hetero) is 1. The van der Waals surface area contributed by atoms with Crippen LogP contribution in [-0.4, -0.2) is 88.3 Å². The molecule has 41 heavy (non-hydrogen) atoms. The first kappa shape index (κ1) is 29.9. The standard InChI is InChI=1S/C30H37N5O6/c31-27(38)26(37)25(19-21-10-5-2-6-11-21)35-15-7-12-24(35)29(40)33-28(39)23(18-20-8-3-1-4-9-20)32-30(41)34-16-13-22(36)14-17-34/h1-6,8-11,23-26,37H,7,12-19H2,(H2,31,38)(H,32,41)(H,33,39,40)/t23-,24-,25-,26+/m0/s1. The van der Waals surface area contributed by atoms with Gasteiger partial charge in [0.15, 0.2) is 0 Å². The number of rotatable bonds is 10. The summed E-state index contributed by atoms with van der Waals surface area (Å²) in [6.07, 6.45) is 0.507. The quantitative estimate of drug-likeness (QED) is 0.328. The number of aliphatic hydroxyl groups excluding tert-OH is 1. The van der Waals surface area contributed by atoms with Crippen molar-refractivity contribution in [3.8, 4) is 0 Å². The number of nitrogens with two attached hydrogens (primary N) is 1. The van der Waals surface area contributed by atoms with Crippen LogP contribution in [0.3, 0.4) is 0 Å². The predicted octanol–water partition coefficient (Wildman–Crippen LogP) is 0.537. The molecule has 0 spiro atoms. The highest BCUT2D eigenvalue weighted by Crippen LogP contribution is 2.25. The molecule has 0 saturated carbocycles. The average Bonchev–Trinajstić information content (AvgIpc) is 3.46. The number of urea groups is 1. The summed E-state index contributed by atoms with van der Waals surface area (Å²) in [4.78, 5) is 66.7. The summed E-state index contributed by atoms with van der Waals surface area (Å²) in [5.41, 5.74) is 7.12. The Morgan fingerprint density at radius 2 is 1.49 bits per heavy atom. The molecule has 2 aromatic carbocycles. The van der Waals surface area contributed by atoms with E-state index in [-0.39, 0.29) is 44.6 Å². The third-order valence-electron chi connectivity index (χ3n) is 7.72. The van der Waals surface area contributed by atoms with Crippen LogP contribution in [0.5, 0.6) is 0 Å². The largest absolute Gasteiger partial charge is 0.382 e. The van der Waals surface area contributed by atoms with Gasteiger partial charge in [-0.15, -0.1) is 0 Å². The van der Waals surface area contributed by atoms with Gasteiger partial charge >= 0.3 is 6.03 Å². The fourth-order valence-electron chi connectivity index (χ4n) is 5.47. The zero-order chi connectivity index (χ0) is 29.4. The van der Waals surface area contributed by atoms with Crippen LogP contribution in [0, 0.1) is 0 Å². The number of nitrogens with zero attached hydrogens (tertiary/aromatic N) is 2. The lowest BCUT2D eigenvalue weighted by atomic mass is 9.98. The summed E-state index contributed by atoms with van der Waals surface area (Å²) in [7, 11) is 0. The van der Waals surface area contributed by atoms with E-state index in [9.17, 15) is 29.1 Å². The van der Waals surface area contributed by atoms with Gasteiger partial charge in [0.05, 0.1) is 6.04 Å². The van der Waals surface area contributed by atoms with Crippen LogP contribution in [0.2, 0.25) is 0 Å². The van der Waals surface area contributed by atoms with E-state index < -0.39 is 48.0 Å². The molecule has 2 saturated heterocycles. The predicted molar refractivity (Wildman–Crippen MR) is 150 cm³/mol. The van der Waals surface area contributed by atoms with Crippen LogP contribution >= 0.6 is 0 Å². The van der Waals surface area contributed by atoms with E-state index in [4.69, 9.17) is 5.73 Å². The Hall–Kier alpha value is -4.09. The van der Waals surface area contributed by atoms with Crippen molar-refractivity contribution >= 4 is 29.5 Å². The third-order valence-corrected chi connectivity index (χ3v) is 7.72. The number of hydrogen-bond acceptors (Lipinski definition) is 7. The van der Waals surface area contributed by atoms with Crippen molar-refractivity contribution in [2.75, 3.05) is 19.6 Å². The lowest BCUT2D eigenvalue weighted by Gasteiger charge is -2.34. The summed E-state index contributed by atoms with van der Waals surface area (Å²) in [6.45, 7) is 0.975. The maximum Gasteiger partial charge on any atom is 0.318 e. The smallest absolute Gasteiger partial charge is 0.318 e. The van der Waals surface area contributed by atoms with Crippen molar-refractivity contribution in [3.05, 3.63) is 71.8 Å². The van der Waals surface area contributed by atoms with Gasteiger partial charge in [0.2, 0.25) is 17.7 Å². The van der Waals surface area contributed by atoms with Gasteiger partial charge in [-0.2, -0.15) is 0 Å². The minimum atomic E-state index is -1.51. The number of carbonyl (C=O) groups is 5. The van der Waals surface area contributed by atoms with E-state index in [1.54, 1.807) is 4.90 Å². The number of benzene rings is 2. The van der Waals surface area contributed by atoms with E-state index in [0.29, 0.717) is 19.4 Å². The number of amides is 5. The maximum absolute atomic E-state index is 13.5. The van der Waals surface area contributed by atoms with Gasteiger partial charge in [-0.1, -0.05) is 60.7 Å². The number of primary amides is 1. The number of aliphatic hydroxyl groups is 1. The molecule has 0 aliphatic carbocycles. The highest BCUT2D eigenvalue weighted by atomic mass is 16.3. The number of hydrogen-bond donors (Lipinski definition) is 4. The van der Waals surface area contributed by atoms with Gasteiger partial charge in [0, 0.05) is 38.4 Å². The van der Waals surface area contributed by atoms with Crippen LogP contribution in [0.25, 0.3) is 0 Å². The number of likely N-dealkylation sites (tertiary alicyclic amines) is 2. The first-order chi connectivity index (χ1) is 19.7. The van der Waals surface area contributed by atoms with Crippen molar-refractivity contribution in [1.29, 1.82) is 0 Å². The first-order valence-electron chi connectivity index (χ1n) is 14.0. The summed E-state index contributed by atoms with van der Waals surface area (Å²) < 4.78 is 0. The Balaban J connectivity index is 1.48. The molecule has 4 rings (SSSR count). The highest BCUT2D eigenvalue weighted by Gasteiger charge is 2.41. The van der Waals surface area contributed by atoms with Crippen molar-refractivity contribution in [1.82, 2.24) is 20.4 Å². The van der Waals surface area contributed by atoms with Gasteiger partial charge in [-0.05, 0) is 36.9 Å². The van der Waals surface area contributed by atoms with E-state index in [2.05, 4.69) is 10.6 Å². The molecule has 5 N–H and O–H groups in total. The molecule has 2 aromatic rings. The average molecular weight is 564 g/mol. The van der Waals surface area contributed by atoms with Crippen LogP contribution in [0.4, 0.5) is 4.79 Å². The zero-order valence-corrected chi connectivity index (χ0v) is 22.9. The van der Waals surface area contributed by atoms with Crippen LogP contribution in [-0.2, 0) is 32.0 Å². The molecule has 11 heteroatoms. The molecule has 4 atom stereocenters. The van der Waals surface area contributed by atoms with Crippen molar-refractivity contribution < 1.29 is 29.1 Å². The molecule has 0 unspecified atom stereocenters. The molecule has 2 aliphatic heterocycles. The normalized spacial score (nSPS) is 19.7. The Morgan fingerprint density at radius 1 is 0.902 bits per heavy atom. The maximum atomic E-state index is 13.5. The number of imide groups is 1. The van der Waals surface area contributed by atoms with Crippen LogP contribution < -0.4 is 16.4 Å². The summed E-state index contributed by atoms with van der Waals surface area (Å²) in [5, 5.41) is 15.9. The minimum absolute atomic E-state index is 0.0892. The second kappa shape index (κ2) is 14.0. The van der Waals surface area contributed by atoms with Gasteiger partial charge in [0.25, 0.3) is 0 Å². The third kappa shape index (κ3) is 7.99.